The van der Waals surface area contributed by atoms with Crippen molar-refractivity contribution >= 4 is 114 Å². The Kier molecular flexibility index (Phi) is 9.13. The minimum Gasteiger partial charge on any atom is -0.455 e. The topological polar surface area (TPSA) is 21.3 Å². The van der Waals surface area contributed by atoms with Crippen LogP contribution in [0.2, 0.25) is 0 Å². The van der Waals surface area contributed by atoms with Crippen LogP contribution in [0.5, 0.6) is 0 Å². The fraction of sp³-hybridized carbons (Fsp3) is 0. The molecular weight excluding hydrogens is 893 g/mol. The molecule has 0 aliphatic rings. The van der Waals surface area contributed by atoms with Crippen LogP contribution >= 0.6 is 11.3 Å². The number of hydrogen-bond acceptors (Lipinski definition) is 3. The Bertz CT molecular complexity index is 4580. The number of hydrogen-bond donors (Lipinski definition) is 0. The van der Waals surface area contributed by atoms with Crippen molar-refractivity contribution in [3.63, 3.8) is 0 Å². The molecule has 336 valence electrons. The Labute approximate surface area is 419 Å². The van der Waals surface area contributed by atoms with Gasteiger partial charge in [0, 0.05) is 58.8 Å². The number of fused-ring (bicyclic) bond motifs is 12. The molecule has 0 unspecified atom stereocenters. The number of rotatable bonds is 7. The summed E-state index contributed by atoms with van der Waals surface area (Å²) in [5, 5.41) is 12.2. The van der Waals surface area contributed by atoms with E-state index in [1.165, 1.54) is 85.8 Å². The van der Waals surface area contributed by atoms with Crippen molar-refractivity contribution in [2.75, 3.05) is 4.90 Å². The predicted molar refractivity (Wildman–Crippen MR) is 307 cm³/mol. The molecule has 72 heavy (non-hydrogen) atoms. The molecule has 0 radical (unpaired) electrons. The van der Waals surface area contributed by atoms with E-state index in [9.17, 15) is 0 Å². The van der Waals surface area contributed by atoms with Gasteiger partial charge < -0.3 is 13.9 Å². The molecule has 0 atom stereocenters. The van der Waals surface area contributed by atoms with Gasteiger partial charge in [-0.2, -0.15) is 0 Å². The lowest BCUT2D eigenvalue weighted by molar-refractivity contribution is 0.670. The van der Waals surface area contributed by atoms with Crippen LogP contribution in [-0.4, -0.2) is 4.57 Å². The summed E-state index contributed by atoms with van der Waals surface area (Å²) in [6.45, 7) is 0. The van der Waals surface area contributed by atoms with Gasteiger partial charge in [0.15, 0.2) is 0 Å². The lowest BCUT2D eigenvalue weighted by atomic mass is 9.93. The molecule has 15 aromatic rings. The van der Waals surface area contributed by atoms with Crippen LogP contribution in [0.4, 0.5) is 17.1 Å². The zero-order valence-corrected chi connectivity index (χ0v) is 39.8. The van der Waals surface area contributed by atoms with Crippen LogP contribution < -0.4 is 4.90 Å². The minimum atomic E-state index is 0.846. The van der Waals surface area contributed by atoms with Crippen LogP contribution in [0.15, 0.2) is 259 Å². The van der Waals surface area contributed by atoms with Crippen LogP contribution in [0.25, 0.3) is 125 Å². The molecule has 0 bridgehead atoms. The molecule has 0 amide bonds. The summed E-state index contributed by atoms with van der Waals surface area (Å²) in [6, 6.07) is 92.9. The lowest BCUT2D eigenvalue weighted by Gasteiger charge is -2.27. The van der Waals surface area contributed by atoms with E-state index in [4.69, 9.17) is 4.42 Å². The van der Waals surface area contributed by atoms with Crippen LogP contribution in [-0.2, 0) is 0 Å². The molecule has 4 heteroatoms. The molecule has 3 heterocycles. The van der Waals surface area contributed by atoms with Gasteiger partial charge in [0.1, 0.15) is 11.2 Å². The van der Waals surface area contributed by atoms with E-state index in [0.29, 0.717) is 0 Å². The largest absolute Gasteiger partial charge is 0.455 e. The van der Waals surface area contributed by atoms with Crippen molar-refractivity contribution < 1.29 is 4.42 Å². The summed E-state index contributed by atoms with van der Waals surface area (Å²) < 4.78 is 12.1. The first-order valence-electron chi connectivity index (χ1n) is 24.6. The Morgan fingerprint density at radius 1 is 0.347 bits per heavy atom. The number of aromatic nitrogens is 1. The second-order valence-electron chi connectivity index (χ2n) is 18.7. The van der Waals surface area contributed by atoms with Crippen molar-refractivity contribution in [2.24, 2.45) is 0 Å². The minimum absolute atomic E-state index is 0.846. The monoisotopic (exact) mass is 934 g/mol. The maximum Gasteiger partial charge on any atom is 0.145 e. The molecule has 0 spiro atoms. The average Bonchev–Trinajstić information content (AvgIpc) is 4.14. The second-order valence-corrected chi connectivity index (χ2v) is 19.8. The molecule has 0 N–H and O–H groups in total. The highest BCUT2D eigenvalue weighted by atomic mass is 32.1. The van der Waals surface area contributed by atoms with Crippen LogP contribution in [0.3, 0.4) is 0 Å². The predicted octanol–water partition coefficient (Wildman–Crippen LogP) is 19.8. The quantitative estimate of drug-likeness (QED) is 0.149. The summed E-state index contributed by atoms with van der Waals surface area (Å²) in [7, 11) is 0. The molecule has 0 saturated carbocycles. The van der Waals surface area contributed by atoms with Crippen molar-refractivity contribution in [3.05, 3.63) is 255 Å². The maximum absolute atomic E-state index is 7.11. The van der Waals surface area contributed by atoms with E-state index >= 15 is 0 Å². The third-order valence-electron chi connectivity index (χ3n) is 14.8. The maximum atomic E-state index is 7.11. The number of anilines is 3. The van der Waals surface area contributed by atoms with E-state index in [1.54, 1.807) is 0 Å². The summed E-state index contributed by atoms with van der Waals surface area (Å²) in [4.78, 5) is 2.42. The van der Waals surface area contributed by atoms with E-state index in [-0.39, 0.29) is 0 Å². The zero-order chi connectivity index (χ0) is 47.3. The molecule has 0 aliphatic carbocycles. The van der Waals surface area contributed by atoms with Crippen LogP contribution in [0, 0.1) is 0 Å². The van der Waals surface area contributed by atoms with E-state index < -0.39 is 0 Å². The van der Waals surface area contributed by atoms with Gasteiger partial charge in [-0.05, 0) is 123 Å². The van der Waals surface area contributed by atoms with E-state index in [0.717, 1.165) is 55.8 Å². The average molecular weight is 935 g/mol. The fourth-order valence-corrected chi connectivity index (χ4v) is 12.7. The standard InChI is InChI=1S/C68H42N2OS/c1-2-17-48-45(16-1)42-58(51-19-4-3-18-50(48)51)44-34-38-47(39-35-44)69(46-36-32-43(33-37-46)49-25-15-31-65-66(49)57-24-9-14-30-64(57)72-65)62-41-40-55(68-67(62)56-23-8-13-29-63(56)71-68)54-22-7-12-28-61(54)70-59-26-10-5-20-52(59)53-21-6-11-27-60(53)70/h1-42H. The highest BCUT2D eigenvalue weighted by Gasteiger charge is 2.25. The Hall–Kier alpha value is -9.22. The first-order valence-corrected chi connectivity index (χ1v) is 25.4. The first kappa shape index (κ1) is 40.6. The fourth-order valence-electron chi connectivity index (χ4n) is 11.6. The summed E-state index contributed by atoms with van der Waals surface area (Å²) in [6.07, 6.45) is 0. The van der Waals surface area contributed by atoms with Crippen molar-refractivity contribution in [1.29, 1.82) is 0 Å². The van der Waals surface area contributed by atoms with Gasteiger partial charge in [0.05, 0.1) is 27.8 Å². The van der Waals surface area contributed by atoms with Gasteiger partial charge in [0.2, 0.25) is 0 Å². The highest BCUT2D eigenvalue weighted by Crippen LogP contribution is 2.49. The lowest BCUT2D eigenvalue weighted by Crippen LogP contribution is -2.10. The molecule has 3 aromatic heterocycles. The van der Waals surface area contributed by atoms with Crippen LogP contribution in [0.1, 0.15) is 0 Å². The van der Waals surface area contributed by atoms with Gasteiger partial charge >= 0.3 is 0 Å². The third kappa shape index (κ3) is 6.23. The number of furan rings is 1. The van der Waals surface area contributed by atoms with Gasteiger partial charge in [0.25, 0.3) is 0 Å². The first-order chi connectivity index (χ1) is 35.7. The molecule has 0 fully saturated rings. The van der Waals surface area contributed by atoms with Crippen molar-refractivity contribution in [3.8, 4) is 39.1 Å². The smallest absolute Gasteiger partial charge is 0.145 e. The molecule has 0 aliphatic heterocycles. The summed E-state index contributed by atoms with van der Waals surface area (Å²) in [5.41, 5.74) is 15.2. The third-order valence-corrected chi connectivity index (χ3v) is 15.9. The number of thiophene rings is 1. The highest BCUT2D eigenvalue weighted by molar-refractivity contribution is 7.25. The number of nitrogens with zero attached hydrogens (tertiary/aromatic N) is 2. The molecule has 0 saturated heterocycles. The Morgan fingerprint density at radius 2 is 0.903 bits per heavy atom. The van der Waals surface area contributed by atoms with Crippen molar-refractivity contribution in [2.45, 2.75) is 0 Å². The summed E-state index contributed by atoms with van der Waals surface area (Å²) >= 11 is 1.86. The van der Waals surface area contributed by atoms with Crippen molar-refractivity contribution in [1.82, 2.24) is 4.57 Å². The number of benzene rings is 12. The molecule has 3 nitrogen and oxygen atoms in total. The second kappa shape index (κ2) is 16.2. The summed E-state index contributed by atoms with van der Waals surface area (Å²) in [5.74, 6) is 0. The normalized spacial score (nSPS) is 11.9. The molecule has 12 aromatic carbocycles. The van der Waals surface area contributed by atoms with E-state index in [2.05, 4.69) is 264 Å². The Balaban J connectivity index is 0.943. The molecule has 15 rings (SSSR count). The number of para-hydroxylation sites is 4. The zero-order valence-electron chi connectivity index (χ0n) is 39.0. The Morgan fingerprint density at radius 3 is 1.65 bits per heavy atom. The van der Waals surface area contributed by atoms with Gasteiger partial charge in [-0.3, -0.25) is 0 Å². The molecular formula is C68H42N2OS. The van der Waals surface area contributed by atoms with E-state index in [1.807, 2.05) is 11.3 Å². The van der Waals surface area contributed by atoms with Gasteiger partial charge in [-0.1, -0.05) is 176 Å². The van der Waals surface area contributed by atoms with Gasteiger partial charge in [-0.25, -0.2) is 0 Å². The van der Waals surface area contributed by atoms with Gasteiger partial charge in [-0.15, -0.1) is 11.3 Å². The SMILES string of the molecule is c1ccc(-n2c3ccccc3c3ccccc32)c(-c2ccc(N(c3ccc(-c4cc5ccccc5c5ccccc45)cc3)c3ccc(-c4cccc5sc6ccccc6c45)cc3)c3c2oc2ccccc23)c1.